The van der Waals surface area contributed by atoms with E-state index in [0.29, 0.717) is 29.2 Å². The van der Waals surface area contributed by atoms with Gasteiger partial charge in [-0.15, -0.1) is 0 Å². The molecule has 4 rings (SSSR count). The minimum Gasteiger partial charge on any atom is -0.457 e. The van der Waals surface area contributed by atoms with Gasteiger partial charge in [-0.3, -0.25) is 14.4 Å². The molecular weight excluding hydrogens is 430 g/mol. The Morgan fingerprint density at radius 2 is 1.38 bits per heavy atom. The van der Waals surface area contributed by atoms with Crippen LogP contribution in [-0.4, -0.2) is 30.8 Å². The normalized spacial score (nSPS) is 12.0. The van der Waals surface area contributed by atoms with Crippen LogP contribution < -0.4 is 20.7 Å². The summed E-state index contributed by atoms with van der Waals surface area (Å²) in [7, 11) is 0. The molecule has 0 saturated heterocycles. The van der Waals surface area contributed by atoms with Crippen LogP contribution in [0, 0.1) is 0 Å². The topological polar surface area (TPSA) is 96.5 Å². The van der Waals surface area contributed by atoms with Crippen LogP contribution in [0.5, 0.6) is 11.5 Å². The second kappa shape index (κ2) is 10.7. The van der Waals surface area contributed by atoms with Crippen molar-refractivity contribution in [1.29, 1.82) is 0 Å². The second-order valence-corrected chi connectivity index (χ2v) is 8.03. The Kier molecular flexibility index (Phi) is 7.22. The van der Waals surface area contributed by atoms with Gasteiger partial charge in [0.05, 0.1) is 5.92 Å². The highest BCUT2D eigenvalue weighted by molar-refractivity contribution is 5.96. The number of anilines is 1. The number of fused-ring (bicyclic) bond motifs is 2. The maximum atomic E-state index is 13.1. The Balaban J connectivity index is 1.31. The van der Waals surface area contributed by atoms with Crippen LogP contribution in [0.2, 0.25) is 0 Å². The lowest BCUT2D eigenvalue weighted by atomic mass is 9.87. The zero-order valence-electron chi connectivity index (χ0n) is 19.0. The number of para-hydroxylation sites is 2. The molecule has 3 aromatic carbocycles. The fraction of sp³-hybridized carbons (Fsp3) is 0.222. The lowest BCUT2D eigenvalue weighted by Gasteiger charge is -2.27. The van der Waals surface area contributed by atoms with Crippen molar-refractivity contribution in [1.82, 2.24) is 10.6 Å². The number of hydrogen-bond acceptors (Lipinski definition) is 4. The molecule has 1 aliphatic heterocycles. The predicted molar refractivity (Wildman–Crippen MR) is 130 cm³/mol. The Bertz CT molecular complexity index is 1140. The predicted octanol–water partition coefficient (Wildman–Crippen LogP) is 4.21. The standard InChI is InChI=1S/C27H27N3O4/c1-2-7-24(31)30-19-14-12-18(13-15-19)26(32)28-16-17-29-27(33)25-20-8-3-5-10-22(20)34-23-11-6-4-9-21(23)25/h3-6,8-15,25H,2,7,16-17H2,1H3,(H,28,32)(H,29,33)(H,30,31). The Hall–Kier alpha value is -4.13. The average Bonchev–Trinajstić information content (AvgIpc) is 2.85. The van der Waals surface area contributed by atoms with Crippen molar-refractivity contribution < 1.29 is 19.1 Å². The molecule has 1 heterocycles. The van der Waals surface area contributed by atoms with E-state index in [1.54, 1.807) is 24.3 Å². The zero-order chi connectivity index (χ0) is 23.9. The first-order valence-electron chi connectivity index (χ1n) is 11.4. The first kappa shape index (κ1) is 23.0. The number of rotatable bonds is 8. The summed E-state index contributed by atoms with van der Waals surface area (Å²) in [4.78, 5) is 37.2. The van der Waals surface area contributed by atoms with Crippen molar-refractivity contribution in [3.05, 3.63) is 89.5 Å². The SMILES string of the molecule is CCCC(=O)Nc1ccc(C(=O)NCCNC(=O)C2c3ccccc3Oc3ccccc32)cc1. The number of amides is 3. The van der Waals surface area contributed by atoms with E-state index >= 15 is 0 Å². The van der Waals surface area contributed by atoms with E-state index in [4.69, 9.17) is 4.74 Å². The van der Waals surface area contributed by atoms with Gasteiger partial charge in [0.15, 0.2) is 0 Å². The summed E-state index contributed by atoms with van der Waals surface area (Å²) in [6.45, 7) is 2.51. The van der Waals surface area contributed by atoms with Crippen molar-refractivity contribution in [2.75, 3.05) is 18.4 Å². The molecule has 3 N–H and O–H groups in total. The van der Waals surface area contributed by atoms with Crippen LogP contribution in [0.25, 0.3) is 0 Å². The molecular formula is C27H27N3O4. The Labute approximate surface area is 198 Å². The second-order valence-electron chi connectivity index (χ2n) is 8.03. The molecule has 0 bridgehead atoms. The minimum atomic E-state index is -0.479. The third-order valence-corrected chi connectivity index (χ3v) is 5.56. The van der Waals surface area contributed by atoms with Gasteiger partial charge in [-0.2, -0.15) is 0 Å². The summed E-state index contributed by atoms with van der Waals surface area (Å²) in [6.07, 6.45) is 1.23. The van der Waals surface area contributed by atoms with Crippen molar-refractivity contribution >= 4 is 23.4 Å². The molecule has 0 radical (unpaired) electrons. The molecule has 0 aliphatic carbocycles. The highest BCUT2D eigenvalue weighted by Crippen LogP contribution is 2.43. The van der Waals surface area contributed by atoms with Crippen LogP contribution in [-0.2, 0) is 9.59 Å². The average molecular weight is 458 g/mol. The minimum absolute atomic E-state index is 0.0507. The van der Waals surface area contributed by atoms with Crippen molar-refractivity contribution in [2.45, 2.75) is 25.7 Å². The summed E-state index contributed by atoms with van der Waals surface area (Å²) in [5.74, 6) is 0.414. The summed E-state index contributed by atoms with van der Waals surface area (Å²) < 4.78 is 5.95. The number of hydrogen-bond donors (Lipinski definition) is 3. The molecule has 34 heavy (non-hydrogen) atoms. The van der Waals surface area contributed by atoms with Gasteiger partial charge in [-0.25, -0.2) is 0 Å². The van der Waals surface area contributed by atoms with Crippen LogP contribution in [0.3, 0.4) is 0 Å². The third-order valence-electron chi connectivity index (χ3n) is 5.56. The lowest BCUT2D eigenvalue weighted by molar-refractivity contribution is -0.121. The molecule has 7 nitrogen and oxygen atoms in total. The summed E-state index contributed by atoms with van der Waals surface area (Å²) >= 11 is 0. The molecule has 3 aromatic rings. The number of carbonyl (C=O) groups is 3. The molecule has 0 spiro atoms. The molecule has 3 amide bonds. The lowest BCUT2D eigenvalue weighted by Crippen LogP contribution is -2.37. The molecule has 1 aliphatic rings. The van der Waals surface area contributed by atoms with Gasteiger partial charge in [0.25, 0.3) is 5.91 Å². The number of benzene rings is 3. The van der Waals surface area contributed by atoms with Gasteiger partial charge in [-0.1, -0.05) is 43.3 Å². The molecule has 174 valence electrons. The van der Waals surface area contributed by atoms with Gasteiger partial charge in [0, 0.05) is 41.9 Å². The van der Waals surface area contributed by atoms with E-state index in [9.17, 15) is 14.4 Å². The van der Waals surface area contributed by atoms with Crippen LogP contribution in [0.15, 0.2) is 72.8 Å². The summed E-state index contributed by atoms with van der Waals surface area (Å²) in [5.41, 5.74) is 2.76. The van der Waals surface area contributed by atoms with E-state index in [0.717, 1.165) is 17.5 Å². The van der Waals surface area contributed by atoms with E-state index in [1.165, 1.54) is 0 Å². The van der Waals surface area contributed by atoms with Gasteiger partial charge in [0.1, 0.15) is 11.5 Å². The highest BCUT2D eigenvalue weighted by atomic mass is 16.5. The third kappa shape index (κ3) is 5.26. The summed E-state index contributed by atoms with van der Waals surface area (Å²) in [6, 6.07) is 21.7. The molecule has 7 heteroatoms. The molecule has 0 fully saturated rings. The smallest absolute Gasteiger partial charge is 0.251 e. The zero-order valence-corrected chi connectivity index (χ0v) is 19.0. The summed E-state index contributed by atoms with van der Waals surface area (Å²) in [5, 5.41) is 8.53. The van der Waals surface area contributed by atoms with Crippen molar-refractivity contribution in [3.8, 4) is 11.5 Å². The molecule has 0 aromatic heterocycles. The Morgan fingerprint density at radius 3 is 2.00 bits per heavy atom. The first-order valence-corrected chi connectivity index (χ1v) is 11.4. The fourth-order valence-corrected chi connectivity index (χ4v) is 3.91. The van der Waals surface area contributed by atoms with E-state index in [2.05, 4.69) is 16.0 Å². The van der Waals surface area contributed by atoms with Gasteiger partial charge in [-0.05, 0) is 42.8 Å². The maximum absolute atomic E-state index is 13.1. The fourth-order valence-electron chi connectivity index (χ4n) is 3.91. The molecule has 0 unspecified atom stereocenters. The molecule has 0 atom stereocenters. The van der Waals surface area contributed by atoms with E-state index < -0.39 is 5.92 Å². The van der Waals surface area contributed by atoms with Gasteiger partial charge < -0.3 is 20.7 Å². The largest absolute Gasteiger partial charge is 0.457 e. The van der Waals surface area contributed by atoms with Crippen LogP contribution in [0.4, 0.5) is 5.69 Å². The highest BCUT2D eigenvalue weighted by Gasteiger charge is 2.32. The van der Waals surface area contributed by atoms with E-state index in [1.807, 2.05) is 55.5 Å². The van der Waals surface area contributed by atoms with Gasteiger partial charge in [0.2, 0.25) is 11.8 Å². The van der Waals surface area contributed by atoms with Crippen LogP contribution >= 0.6 is 0 Å². The van der Waals surface area contributed by atoms with Crippen molar-refractivity contribution in [2.24, 2.45) is 0 Å². The number of ether oxygens (including phenoxy) is 1. The number of nitrogens with one attached hydrogen (secondary N) is 3. The first-order chi connectivity index (χ1) is 16.6. The Morgan fingerprint density at radius 1 is 0.794 bits per heavy atom. The van der Waals surface area contributed by atoms with E-state index in [-0.39, 0.29) is 30.8 Å². The van der Waals surface area contributed by atoms with Crippen LogP contribution in [0.1, 0.15) is 47.2 Å². The van der Waals surface area contributed by atoms with Crippen molar-refractivity contribution in [3.63, 3.8) is 0 Å². The quantitative estimate of drug-likeness (QED) is 0.442. The van der Waals surface area contributed by atoms with Gasteiger partial charge >= 0.3 is 0 Å². The molecule has 0 saturated carbocycles. The maximum Gasteiger partial charge on any atom is 0.251 e. The number of carbonyl (C=O) groups excluding carboxylic acids is 3. The monoisotopic (exact) mass is 457 g/mol.